The first-order valence-corrected chi connectivity index (χ1v) is 14.9. The lowest BCUT2D eigenvalue weighted by Gasteiger charge is -2.30. The largest absolute Gasteiger partial charge is 0.507 e. The summed E-state index contributed by atoms with van der Waals surface area (Å²) in [6, 6.07) is 29.2. The van der Waals surface area contributed by atoms with Crippen molar-refractivity contribution in [2.24, 2.45) is 0 Å². The maximum atomic E-state index is 11.4. The Hall–Kier alpha value is -3.60. The number of phenols is 2. The van der Waals surface area contributed by atoms with Crippen molar-refractivity contribution in [3.05, 3.63) is 129 Å². The number of hydrogen-bond acceptors (Lipinski definition) is 4. The van der Waals surface area contributed by atoms with E-state index in [0.717, 1.165) is 46.5 Å². The second-order valence-electron chi connectivity index (χ2n) is 13.1. The van der Waals surface area contributed by atoms with Gasteiger partial charge in [0.15, 0.2) is 0 Å². The summed E-state index contributed by atoms with van der Waals surface area (Å²) >= 11 is 0. The molecule has 0 aliphatic rings. The molecule has 0 spiro atoms. The van der Waals surface area contributed by atoms with Crippen molar-refractivity contribution in [3.63, 3.8) is 0 Å². The molecule has 0 heterocycles. The van der Waals surface area contributed by atoms with Gasteiger partial charge in [-0.2, -0.15) is 0 Å². The van der Waals surface area contributed by atoms with Gasteiger partial charge >= 0.3 is 0 Å². The van der Waals surface area contributed by atoms with Gasteiger partial charge in [0, 0.05) is 59.3 Å². The highest BCUT2D eigenvalue weighted by Crippen LogP contribution is 2.41. The number of aryl methyl sites for hydroxylation is 2. The molecular formula is C38H48N2O2. The van der Waals surface area contributed by atoms with E-state index in [1.165, 1.54) is 11.1 Å². The van der Waals surface area contributed by atoms with Gasteiger partial charge in [0.25, 0.3) is 0 Å². The van der Waals surface area contributed by atoms with Crippen LogP contribution >= 0.6 is 0 Å². The number of phenolic OH excluding ortho intramolecular Hbond substituents is 2. The van der Waals surface area contributed by atoms with Crippen LogP contribution in [-0.2, 0) is 23.9 Å². The molecule has 222 valence electrons. The number of rotatable bonds is 11. The van der Waals surface area contributed by atoms with Gasteiger partial charge in [-0.05, 0) is 39.1 Å². The quantitative estimate of drug-likeness (QED) is 0.194. The van der Waals surface area contributed by atoms with E-state index in [1.54, 1.807) is 0 Å². The van der Waals surface area contributed by atoms with Gasteiger partial charge in [-0.15, -0.1) is 0 Å². The van der Waals surface area contributed by atoms with E-state index in [4.69, 9.17) is 0 Å². The molecule has 4 aromatic carbocycles. The van der Waals surface area contributed by atoms with Gasteiger partial charge < -0.3 is 20.0 Å². The minimum atomic E-state index is -0.311. The second kappa shape index (κ2) is 12.7. The van der Waals surface area contributed by atoms with E-state index in [2.05, 4.69) is 138 Å². The van der Waals surface area contributed by atoms with Crippen LogP contribution in [0.25, 0.3) is 0 Å². The highest BCUT2D eigenvalue weighted by atomic mass is 16.3. The molecule has 0 aliphatic carbocycles. The van der Waals surface area contributed by atoms with Crippen LogP contribution < -0.4 is 0 Å². The predicted octanol–water partition coefficient (Wildman–Crippen LogP) is 7.93. The molecule has 4 aromatic rings. The zero-order valence-electron chi connectivity index (χ0n) is 26.7. The van der Waals surface area contributed by atoms with Crippen LogP contribution in [-0.4, -0.2) is 47.2 Å². The van der Waals surface area contributed by atoms with Crippen LogP contribution in [0.3, 0.4) is 0 Å². The molecule has 0 saturated carbocycles. The summed E-state index contributed by atoms with van der Waals surface area (Å²) in [5.41, 5.74) is 7.85. The molecule has 0 aliphatic heterocycles. The van der Waals surface area contributed by atoms with Crippen LogP contribution in [0.2, 0.25) is 0 Å². The zero-order valence-corrected chi connectivity index (χ0v) is 26.7. The molecule has 0 radical (unpaired) electrons. The molecule has 0 amide bonds. The number of hydrogen-bond donors (Lipinski definition) is 2. The highest BCUT2D eigenvalue weighted by Gasteiger charge is 2.29. The molecule has 2 N–H and O–H groups in total. The number of nitrogens with zero attached hydrogens (tertiary/aromatic N) is 2. The Balaban J connectivity index is 1.45. The number of likely N-dealkylation sites (N-methyl/N-ethyl adjacent to an activating group) is 2. The smallest absolute Gasteiger partial charge is 0.124 e. The SMILES string of the molecule is Cc1cc(CN(C)CCN(C)Cc2cc(C)cc(C(C)(C)c3ccccc3)c2O)c(O)c(C(C)(C)c2ccccc2)c1. The first-order chi connectivity index (χ1) is 19.8. The summed E-state index contributed by atoms with van der Waals surface area (Å²) in [6.45, 7) is 15.9. The molecule has 0 aromatic heterocycles. The fraction of sp³-hybridized carbons (Fsp3) is 0.368. The van der Waals surface area contributed by atoms with Crippen molar-refractivity contribution in [1.82, 2.24) is 9.80 Å². The summed E-state index contributed by atoms with van der Waals surface area (Å²) in [7, 11) is 4.20. The second-order valence-corrected chi connectivity index (χ2v) is 13.1. The topological polar surface area (TPSA) is 46.9 Å². The summed E-state index contributed by atoms with van der Waals surface area (Å²) in [6.07, 6.45) is 0. The Kier molecular flexibility index (Phi) is 9.50. The molecule has 4 rings (SSSR count). The third-order valence-corrected chi connectivity index (χ3v) is 8.75. The standard InChI is InChI=1S/C38H48N2O2/c1-27-21-29(35(41)33(23-27)37(3,4)31-15-11-9-12-16-31)25-39(7)19-20-40(8)26-30-22-28(2)24-34(36(30)42)38(5,6)32-17-13-10-14-18-32/h9-18,21-24,41-42H,19-20,25-26H2,1-8H3. The average Bonchev–Trinajstić information content (AvgIpc) is 2.96. The Bertz CT molecular complexity index is 1380. The van der Waals surface area contributed by atoms with Gasteiger partial charge in [0.05, 0.1) is 0 Å². The molecule has 4 nitrogen and oxygen atoms in total. The van der Waals surface area contributed by atoms with E-state index in [0.29, 0.717) is 24.6 Å². The first-order valence-electron chi connectivity index (χ1n) is 14.9. The summed E-state index contributed by atoms with van der Waals surface area (Å²) < 4.78 is 0. The predicted molar refractivity (Wildman–Crippen MR) is 175 cm³/mol. The normalized spacial score (nSPS) is 12.3. The van der Waals surface area contributed by atoms with Crippen molar-refractivity contribution < 1.29 is 10.2 Å². The van der Waals surface area contributed by atoms with Crippen molar-refractivity contribution in [2.45, 2.75) is 65.5 Å². The van der Waals surface area contributed by atoms with Crippen LogP contribution in [0.4, 0.5) is 0 Å². The van der Waals surface area contributed by atoms with E-state index in [-0.39, 0.29) is 10.8 Å². The van der Waals surface area contributed by atoms with Crippen molar-refractivity contribution >= 4 is 0 Å². The number of aromatic hydroxyl groups is 2. The maximum absolute atomic E-state index is 11.4. The van der Waals surface area contributed by atoms with E-state index in [9.17, 15) is 10.2 Å². The molecule has 0 atom stereocenters. The Labute approximate surface area is 253 Å². The van der Waals surface area contributed by atoms with E-state index >= 15 is 0 Å². The minimum Gasteiger partial charge on any atom is -0.507 e. The maximum Gasteiger partial charge on any atom is 0.124 e. The Morgan fingerprint density at radius 3 is 1.21 bits per heavy atom. The summed E-state index contributed by atoms with van der Waals surface area (Å²) in [4.78, 5) is 4.51. The van der Waals surface area contributed by atoms with Gasteiger partial charge in [-0.1, -0.05) is 124 Å². The molecule has 0 fully saturated rings. The minimum absolute atomic E-state index is 0.311. The molecule has 4 heteroatoms. The van der Waals surface area contributed by atoms with E-state index < -0.39 is 0 Å². The Morgan fingerprint density at radius 2 is 0.881 bits per heavy atom. The van der Waals surface area contributed by atoms with Gasteiger partial charge in [-0.3, -0.25) is 0 Å². The van der Waals surface area contributed by atoms with Crippen molar-refractivity contribution in [2.75, 3.05) is 27.2 Å². The lowest BCUT2D eigenvalue weighted by atomic mass is 9.76. The van der Waals surface area contributed by atoms with Gasteiger partial charge in [-0.25, -0.2) is 0 Å². The summed E-state index contributed by atoms with van der Waals surface area (Å²) in [5.74, 6) is 0.765. The molecule has 0 bridgehead atoms. The molecule has 42 heavy (non-hydrogen) atoms. The first kappa shape index (κ1) is 31.3. The Morgan fingerprint density at radius 1 is 0.548 bits per heavy atom. The third kappa shape index (κ3) is 6.88. The molecule has 0 saturated heterocycles. The van der Waals surface area contributed by atoms with Crippen LogP contribution in [0.15, 0.2) is 84.9 Å². The monoisotopic (exact) mass is 564 g/mol. The lowest BCUT2D eigenvalue weighted by Crippen LogP contribution is -2.30. The van der Waals surface area contributed by atoms with Gasteiger partial charge in [0.2, 0.25) is 0 Å². The molecule has 0 unspecified atom stereocenters. The van der Waals surface area contributed by atoms with Gasteiger partial charge in [0.1, 0.15) is 11.5 Å². The fourth-order valence-electron chi connectivity index (χ4n) is 6.00. The number of benzene rings is 4. The summed E-state index contributed by atoms with van der Waals surface area (Å²) in [5, 5.41) is 22.8. The van der Waals surface area contributed by atoms with Crippen LogP contribution in [0.5, 0.6) is 11.5 Å². The van der Waals surface area contributed by atoms with Crippen molar-refractivity contribution in [1.29, 1.82) is 0 Å². The molecular weight excluding hydrogens is 516 g/mol. The van der Waals surface area contributed by atoms with Crippen LogP contribution in [0.1, 0.15) is 72.2 Å². The van der Waals surface area contributed by atoms with E-state index in [1.807, 2.05) is 12.1 Å². The zero-order chi connectivity index (χ0) is 30.7. The van der Waals surface area contributed by atoms with Crippen molar-refractivity contribution in [3.8, 4) is 11.5 Å². The average molecular weight is 565 g/mol. The third-order valence-electron chi connectivity index (χ3n) is 8.75. The fourth-order valence-corrected chi connectivity index (χ4v) is 6.00. The highest BCUT2D eigenvalue weighted by molar-refractivity contribution is 5.52. The lowest BCUT2D eigenvalue weighted by molar-refractivity contribution is 0.243. The van der Waals surface area contributed by atoms with Crippen LogP contribution in [0, 0.1) is 13.8 Å².